The zero-order valence-electron chi connectivity index (χ0n) is 14.3. The fraction of sp³-hybridized carbons (Fsp3) is 0.600. The summed E-state index contributed by atoms with van der Waals surface area (Å²) in [6.45, 7) is 7.24. The van der Waals surface area contributed by atoms with E-state index in [9.17, 15) is 0 Å². The van der Waals surface area contributed by atoms with Crippen molar-refractivity contribution in [3.05, 3.63) is 27.7 Å². The minimum absolute atomic E-state index is 0. The van der Waals surface area contributed by atoms with Crippen molar-refractivity contribution in [1.82, 2.24) is 30.0 Å². The van der Waals surface area contributed by atoms with Crippen LogP contribution in [-0.4, -0.2) is 44.2 Å². The molecule has 1 N–H and O–H groups in total. The number of aliphatic imine (C=N–C) groups is 1. The number of fused-ring (bicyclic) bond motifs is 1. The van der Waals surface area contributed by atoms with Crippen molar-refractivity contribution in [3.8, 4) is 0 Å². The first-order valence-electron chi connectivity index (χ1n) is 7.98. The van der Waals surface area contributed by atoms with Crippen LogP contribution in [0.1, 0.15) is 35.7 Å². The van der Waals surface area contributed by atoms with Gasteiger partial charge in [0, 0.05) is 31.9 Å². The molecule has 0 fully saturated rings. The number of guanidine groups is 1. The van der Waals surface area contributed by atoms with Gasteiger partial charge in [-0.3, -0.25) is 0 Å². The summed E-state index contributed by atoms with van der Waals surface area (Å²) in [5, 5.41) is 15.0. The highest BCUT2D eigenvalue weighted by Crippen LogP contribution is 2.15. The molecular weight excluding hydrogens is 437 g/mol. The van der Waals surface area contributed by atoms with E-state index < -0.39 is 0 Å². The molecule has 0 aliphatic carbocycles. The molecule has 0 spiro atoms. The van der Waals surface area contributed by atoms with Crippen molar-refractivity contribution in [2.45, 2.75) is 46.3 Å². The quantitative estimate of drug-likeness (QED) is 0.420. The van der Waals surface area contributed by atoms with Crippen LogP contribution in [0.15, 0.2) is 10.4 Å². The molecule has 132 valence electrons. The van der Waals surface area contributed by atoms with Crippen LogP contribution in [0.5, 0.6) is 0 Å². The lowest BCUT2D eigenvalue weighted by Crippen LogP contribution is -2.38. The number of hydrogen-bond donors (Lipinski definition) is 1. The second kappa shape index (κ2) is 8.75. The fourth-order valence-corrected chi connectivity index (χ4v) is 3.35. The zero-order chi connectivity index (χ0) is 16.2. The van der Waals surface area contributed by atoms with E-state index in [1.807, 2.05) is 14.0 Å². The molecule has 9 heteroatoms. The first-order valence-corrected chi connectivity index (χ1v) is 8.86. The molecule has 24 heavy (non-hydrogen) atoms. The summed E-state index contributed by atoms with van der Waals surface area (Å²) in [6.07, 6.45) is 2.19. The normalized spacial score (nSPS) is 13.5. The number of nitrogens with zero attached hydrogens (tertiary/aromatic N) is 6. The average Bonchev–Trinajstić information content (AvgIpc) is 3.21. The maximum Gasteiger partial charge on any atom is 0.194 e. The smallest absolute Gasteiger partial charge is 0.194 e. The van der Waals surface area contributed by atoms with Crippen LogP contribution in [0.2, 0.25) is 0 Å². The topological polar surface area (TPSA) is 71.2 Å². The summed E-state index contributed by atoms with van der Waals surface area (Å²) >= 11 is 1.68. The third kappa shape index (κ3) is 4.44. The van der Waals surface area contributed by atoms with E-state index in [4.69, 9.17) is 4.99 Å². The Kier molecular flexibility index (Phi) is 6.96. The molecule has 0 saturated carbocycles. The van der Waals surface area contributed by atoms with Crippen LogP contribution in [0.4, 0.5) is 0 Å². The average molecular weight is 461 g/mol. The Labute approximate surface area is 163 Å². The van der Waals surface area contributed by atoms with Gasteiger partial charge in [0.25, 0.3) is 0 Å². The molecule has 0 bridgehead atoms. The van der Waals surface area contributed by atoms with Gasteiger partial charge in [-0.05, 0) is 20.3 Å². The summed E-state index contributed by atoms with van der Waals surface area (Å²) in [7, 11) is 2.03. The largest absolute Gasteiger partial charge is 0.357 e. The molecule has 1 aliphatic rings. The van der Waals surface area contributed by atoms with E-state index in [-0.39, 0.29) is 24.0 Å². The van der Waals surface area contributed by atoms with E-state index >= 15 is 0 Å². The number of hydrogen-bond acceptors (Lipinski definition) is 5. The highest BCUT2D eigenvalue weighted by atomic mass is 127. The van der Waals surface area contributed by atoms with E-state index in [1.165, 1.54) is 0 Å². The SMILES string of the molecule is CCNC(=NCc1nnc2n1CCC2)N(C)Cc1csc(C)n1.I. The van der Waals surface area contributed by atoms with Gasteiger partial charge in [-0.2, -0.15) is 0 Å². The lowest BCUT2D eigenvalue weighted by Gasteiger charge is -2.21. The van der Waals surface area contributed by atoms with Gasteiger partial charge in [0.05, 0.1) is 17.2 Å². The molecule has 0 unspecified atom stereocenters. The Morgan fingerprint density at radius 3 is 3.00 bits per heavy atom. The van der Waals surface area contributed by atoms with Gasteiger partial charge < -0.3 is 14.8 Å². The Bertz CT molecular complexity index is 694. The van der Waals surface area contributed by atoms with Gasteiger partial charge in [0.15, 0.2) is 11.8 Å². The lowest BCUT2D eigenvalue weighted by molar-refractivity contribution is 0.470. The zero-order valence-corrected chi connectivity index (χ0v) is 17.5. The summed E-state index contributed by atoms with van der Waals surface area (Å²) in [5.74, 6) is 2.91. The highest BCUT2D eigenvalue weighted by molar-refractivity contribution is 14.0. The Morgan fingerprint density at radius 1 is 1.46 bits per heavy atom. The Hall–Kier alpha value is -1.23. The van der Waals surface area contributed by atoms with E-state index in [0.717, 1.165) is 60.8 Å². The van der Waals surface area contributed by atoms with Crippen molar-refractivity contribution in [2.75, 3.05) is 13.6 Å². The predicted molar refractivity (Wildman–Crippen MR) is 107 cm³/mol. The molecule has 2 aromatic heterocycles. The first kappa shape index (κ1) is 19.1. The molecule has 2 aromatic rings. The molecule has 3 heterocycles. The molecule has 0 amide bonds. The standard InChI is InChI=1S/C15H23N7S.HI/c1-4-16-15(21(3)9-12-10-23-11(2)18-12)17-8-14-20-19-13-6-5-7-22(13)14;/h10H,4-9H2,1-3H3,(H,16,17);1H. The number of nitrogens with one attached hydrogen (secondary N) is 1. The summed E-state index contributed by atoms with van der Waals surface area (Å²) < 4.78 is 2.19. The summed E-state index contributed by atoms with van der Waals surface area (Å²) in [5.41, 5.74) is 1.07. The van der Waals surface area contributed by atoms with Crippen LogP contribution in [0, 0.1) is 6.92 Å². The molecular formula is C15H24IN7S. The Balaban J connectivity index is 0.00000208. The van der Waals surface area contributed by atoms with Crippen LogP contribution in [-0.2, 0) is 26.1 Å². The van der Waals surface area contributed by atoms with E-state index in [2.05, 4.69) is 42.3 Å². The molecule has 7 nitrogen and oxygen atoms in total. The van der Waals surface area contributed by atoms with Crippen molar-refractivity contribution >= 4 is 41.3 Å². The molecule has 0 saturated heterocycles. The summed E-state index contributed by atoms with van der Waals surface area (Å²) in [6, 6.07) is 0. The monoisotopic (exact) mass is 461 g/mol. The van der Waals surface area contributed by atoms with Crippen LogP contribution in [0.3, 0.4) is 0 Å². The third-order valence-corrected chi connectivity index (χ3v) is 4.64. The van der Waals surface area contributed by atoms with Gasteiger partial charge in [-0.25, -0.2) is 9.98 Å². The van der Waals surface area contributed by atoms with E-state index in [1.54, 1.807) is 11.3 Å². The van der Waals surface area contributed by atoms with Crippen LogP contribution >= 0.6 is 35.3 Å². The molecule has 0 radical (unpaired) electrons. The van der Waals surface area contributed by atoms with Crippen LogP contribution in [0.25, 0.3) is 0 Å². The fourth-order valence-electron chi connectivity index (χ4n) is 2.74. The maximum atomic E-state index is 4.72. The van der Waals surface area contributed by atoms with Crippen molar-refractivity contribution < 1.29 is 0 Å². The van der Waals surface area contributed by atoms with E-state index in [0.29, 0.717) is 6.54 Å². The Morgan fingerprint density at radius 2 is 2.29 bits per heavy atom. The number of rotatable bonds is 5. The predicted octanol–water partition coefficient (Wildman–Crippen LogP) is 2.20. The number of thiazole rings is 1. The third-order valence-electron chi connectivity index (χ3n) is 3.82. The van der Waals surface area contributed by atoms with Crippen molar-refractivity contribution in [3.63, 3.8) is 0 Å². The summed E-state index contributed by atoms with van der Waals surface area (Å²) in [4.78, 5) is 11.3. The first-order chi connectivity index (χ1) is 11.2. The second-order valence-corrected chi connectivity index (χ2v) is 6.73. The van der Waals surface area contributed by atoms with Gasteiger partial charge in [-0.1, -0.05) is 0 Å². The maximum absolute atomic E-state index is 4.72. The van der Waals surface area contributed by atoms with Crippen molar-refractivity contribution in [1.29, 1.82) is 0 Å². The lowest BCUT2D eigenvalue weighted by atomic mass is 10.4. The van der Waals surface area contributed by atoms with Gasteiger partial charge >= 0.3 is 0 Å². The molecule has 0 aromatic carbocycles. The number of aromatic nitrogens is 4. The molecule has 3 rings (SSSR count). The molecule has 0 atom stereocenters. The molecule has 1 aliphatic heterocycles. The minimum atomic E-state index is 0. The van der Waals surface area contributed by atoms with Gasteiger partial charge in [-0.15, -0.1) is 45.5 Å². The van der Waals surface area contributed by atoms with Gasteiger partial charge in [0.1, 0.15) is 12.4 Å². The number of aryl methyl sites for hydroxylation is 2. The number of halogens is 1. The van der Waals surface area contributed by atoms with Crippen molar-refractivity contribution in [2.24, 2.45) is 4.99 Å². The van der Waals surface area contributed by atoms with Gasteiger partial charge in [0.2, 0.25) is 0 Å². The minimum Gasteiger partial charge on any atom is -0.357 e. The van der Waals surface area contributed by atoms with Crippen LogP contribution < -0.4 is 5.32 Å². The highest BCUT2D eigenvalue weighted by Gasteiger charge is 2.17. The second-order valence-electron chi connectivity index (χ2n) is 5.67.